The summed E-state index contributed by atoms with van der Waals surface area (Å²) in [5.41, 5.74) is 1.34. The molecule has 18 heavy (non-hydrogen) atoms. The SMILES string of the molecule is Cc1cccnc1C(=O)NCCCc1nn[nH]n1. The topological polar surface area (TPSA) is 96.5 Å². The normalized spacial score (nSPS) is 10.3. The van der Waals surface area contributed by atoms with Crippen LogP contribution in [-0.4, -0.2) is 38.1 Å². The summed E-state index contributed by atoms with van der Waals surface area (Å²) in [6, 6.07) is 3.67. The molecule has 7 heteroatoms. The largest absolute Gasteiger partial charge is 0.351 e. The number of hydrogen-bond acceptors (Lipinski definition) is 5. The smallest absolute Gasteiger partial charge is 0.270 e. The molecule has 1 amide bonds. The number of hydrogen-bond donors (Lipinski definition) is 2. The van der Waals surface area contributed by atoms with Crippen molar-refractivity contribution in [3.05, 3.63) is 35.4 Å². The zero-order valence-corrected chi connectivity index (χ0v) is 10.1. The van der Waals surface area contributed by atoms with Crippen LogP contribution in [0.5, 0.6) is 0 Å². The molecule has 0 saturated carbocycles. The lowest BCUT2D eigenvalue weighted by Crippen LogP contribution is -2.26. The van der Waals surface area contributed by atoms with Crippen LogP contribution in [0.3, 0.4) is 0 Å². The van der Waals surface area contributed by atoms with Crippen LogP contribution in [0.4, 0.5) is 0 Å². The van der Waals surface area contributed by atoms with E-state index in [1.165, 1.54) is 0 Å². The Hall–Kier alpha value is -2.31. The Labute approximate surface area is 104 Å². The van der Waals surface area contributed by atoms with Crippen LogP contribution in [0.25, 0.3) is 0 Å². The number of tetrazole rings is 1. The van der Waals surface area contributed by atoms with Crippen LogP contribution in [0.2, 0.25) is 0 Å². The van der Waals surface area contributed by atoms with E-state index in [0.29, 0.717) is 24.5 Å². The van der Waals surface area contributed by atoms with Crippen LogP contribution >= 0.6 is 0 Å². The fourth-order valence-corrected chi connectivity index (χ4v) is 1.54. The van der Waals surface area contributed by atoms with Crippen molar-refractivity contribution in [1.82, 2.24) is 30.9 Å². The maximum atomic E-state index is 11.8. The van der Waals surface area contributed by atoms with Crippen molar-refractivity contribution in [2.45, 2.75) is 19.8 Å². The Morgan fingerprint density at radius 2 is 2.39 bits per heavy atom. The number of aromatic nitrogens is 5. The zero-order chi connectivity index (χ0) is 12.8. The second-order valence-electron chi connectivity index (χ2n) is 3.86. The van der Waals surface area contributed by atoms with Crippen LogP contribution in [0.15, 0.2) is 18.3 Å². The molecule has 0 bridgehead atoms. The molecule has 0 atom stereocenters. The second-order valence-corrected chi connectivity index (χ2v) is 3.86. The third kappa shape index (κ3) is 3.09. The van der Waals surface area contributed by atoms with Gasteiger partial charge in [-0.2, -0.15) is 5.21 Å². The first-order valence-corrected chi connectivity index (χ1v) is 5.69. The van der Waals surface area contributed by atoms with Gasteiger partial charge >= 0.3 is 0 Å². The highest BCUT2D eigenvalue weighted by Gasteiger charge is 2.08. The van der Waals surface area contributed by atoms with Gasteiger partial charge in [-0.15, -0.1) is 10.2 Å². The molecule has 0 aliphatic heterocycles. The molecule has 0 fully saturated rings. The number of nitrogens with one attached hydrogen (secondary N) is 2. The van der Waals surface area contributed by atoms with E-state index in [0.717, 1.165) is 12.0 Å². The Balaban J connectivity index is 1.77. The Kier molecular flexibility index (Phi) is 3.95. The van der Waals surface area contributed by atoms with Crippen molar-refractivity contribution >= 4 is 5.91 Å². The van der Waals surface area contributed by atoms with Gasteiger partial charge in [0.05, 0.1) is 0 Å². The van der Waals surface area contributed by atoms with E-state index in [1.54, 1.807) is 6.20 Å². The Morgan fingerprint density at radius 1 is 1.50 bits per heavy atom. The molecule has 0 radical (unpaired) electrons. The molecule has 94 valence electrons. The lowest BCUT2D eigenvalue weighted by Gasteiger charge is -2.05. The predicted molar refractivity (Wildman–Crippen MR) is 63.8 cm³/mol. The standard InChI is InChI=1S/C11H14N6O/c1-8-4-2-6-12-10(8)11(18)13-7-3-5-9-14-16-17-15-9/h2,4,6H,3,5,7H2,1H3,(H,13,18)(H,14,15,16,17). The molecule has 0 saturated heterocycles. The molecule has 2 rings (SSSR count). The molecule has 2 N–H and O–H groups in total. The van der Waals surface area contributed by atoms with Gasteiger partial charge in [-0.25, -0.2) is 0 Å². The summed E-state index contributed by atoms with van der Waals surface area (Å²) < 4.78 is 0. The summed E-state index contributed by atoms with van der Waals surface area (Å²) >= 11 is 0. The van der Waals surface area contributed by atoms with E-state index in [-0.39, 0.29) is 5.91 Å². The van der Waals surface area contributed by atoms with E-state index in [4.69, 9.17) is 0 Å². The van der Waals surface area contributed by atoms with Gasteiger partial charge in [0.1, 0.15) is 5.69 Å². The monoisotopic (exact) mass is 246 g/mol. The highest BCUT2D eigenvalue weighted by molar-refractivity contribution is 5.93. The van der Waals surface area contributed by atoms with Gasteiger partial charge in [0.2, 0.25) is 0 Å². The van der Waals surface area contributed by atoms with Crippen molar-refractivity contribution in [3.8, 4) is 0 Å². The van der Waals surface area contributed by atoms with E-state index in [1.807, 2.05) is 19.1 Å². The number of rotatable bonds is 5. The van der Waals surface area contributed by atoms with E-state index >= 15 is 0 Å². The van der Waals surface area contributed by atoms with Crippen molar-refractivity contribution in [2.75, 3.05) is 6.54 Å². The number of carbonyl (C=O) groups is 1. The molecule has 7 nitrogen and oxygen atoms in total. The van der Waals surface area contributed by atoms with Gasteiger partial charge in [0.15, 0.2) is 5.82 Å². The maximum absolute atomic E-state index is 11.8. The first-order chi connectivity index (χ1) is 8.77. The average Bonchev–Trinajstić information content (AvgIpc) is 2.88. The molecule has 0 aliphatic rings. The molecule has 0 aromatic carbocycles. The Bertz CT molecular complexity index is 510. The third-order valence-electron chi connectivity index (χ3n) is 2.48. The molecule has 2 aromatic rings. The van der Waals surface area contributed by atoms with Gasteiger partial charge in [-0.1, -0.05) is 11.3 Å². The van der Waals surface area contributed by atoms with Gasteiger partial charge < -0.3 is 5.32 Å². The van der Waals surface area contributed by atoms with E-state index in [2.05, 4.69) is 30.9 Å². The lowest BCUT2D eigenvalue weighted by atomic mass is 10.2. The number of aryl methyl sites for hydroxylation is 2. The molecule has 2 heterocycles. The number of amides is 1. The lowest BCUT2D eigenvalue weighted by molar-refractivity contribution is 0.0947. The number of carbonyl (C=O) groups excluding carboxylic acids is 1. The minimum Gasteiger partial charge on any atom is -0.351 e. The van der Waals surface area contributed by atoms with Crippen LogP contribution in [-0.2, 0) is 6.42 Å². The van der Waals surface area contributed by atoms with Crippen LogP contribution in [0.1, 0.15) is 28.3 Å². The average molecular weight is 246 g/mol. The highest BCUT2D eigenvalue weighted by atomic mass is 16.1. The molecule has 0 unspecified atom stereocenters. The van der Waals surface area contributed by atoms with Crippen molar-refractivity contribution < 1.29 is 4.79 Å². The van der Waals surface area contributed by atoms with E-state index in [9.17, 15) is 4.79 Å². The summed E-state index contributed by atoms with van der Waals surface area (Å²) in [4.78, 5) is 15.9. The quantitative estimate of drug-likeness (QED) is 0.738. The summed E-state index contributed by atoms with van der Waals surface area (Å²) in [5.74, 6) is 0.500. The zero-order valence-electron chi connectivity index (χ0n) is 10.1. The molecular formula is C11H14N6O. The van der Waals surface area contributed by atoms with Crippen molar-refractivity contribution in [3.63, 3.8) is 0 Å². The molecular weight excluding hydrogens is 232 g/mol. The number of nitrogens with zero attached hydrogens (tertiary/aromatic N) is 4. The fraction of sp³-hybridized carbons (Fsp3) is 0.364. The Morgan fingerprint density at radius 3 is 3.11 bits per heavy atom. The second kappa shape index (κ2) is 5.85. The van der Waals surface area contributed by atoms with Gasteiger partial charge in [-0.05, 0) is 25.0 Å². The summed E-state index contributed by atoms with van der Waals surface area (Å²) in [5, 5.41) is 16.3. The summed E-state index contributed by atoms with van der Waals surface area (Å²) in [6.07, 6.45) is 3.05. The summed E-state index contributed by atoms with van der Waals surface area (Å²) in [6.45, 7) is 2.42. The predicted octanol–water partition coefficient (Wildman–Crippen LogP) is 0.266. The highest BCUT2D eigenvalue weighted by Crippen LogP contribution is 2.02. The molecule has 0 aliphatic carbocycles. The first kappa shape index (κ1) is 12.2. The van der Waals surface area contributed by atoms with Gasteiger partial charge in [-0.3, -0.25) is 9.78 Å². The van der Waals surface area contributed by atoms with Crippen molar-refractivity contribution in [2.24, 2.45) is 0 Å². The minimum atomic E-state index is -0.152. The minimum absolute atomic E-state index is 0.152. The maximum Gasteiger partial charge on any atom is 0.270 e. The first-order valence-electron chi connectivity index (χ1n) is 5.69. The number of pyridine rings is 1. The molecule has 0 spiro atoms. The van der Waals surface area contributed by atoms with E-state index < -0.39 is 0 Å². The van der Waals surface area contributed by atoms with Crippen molar-refractivity contribution in [1.29, 1.82) is 0 Å². The summed E-state index contributed by atoms with van der Waals surface area (Å²) in [7, 11) is 0. The number of H-pyrrole nitrogens is 1. The van der Waals surface area contributed by atoms with Gasteiger partial charge in [0, 0.05) is 19.2 Å². The third-order valence-corrected chi connectivity index (χ3v) is 2.48. The fourth-order valence-electron chi connectivity index (χ4n) is 1.54. The van der Waals surface area contributed by atoms with Gasteiger partial charge in [0.25, 0.3) is 5.91 Å². The molecule has 2 aromatic heterocycles. The number of aromatic amines is 1. The van der Waals surface area contributed by atoms with Crippen LogP contribution < -0.4 is 5.32 Å². The van der Waals surface area contributed by atoms with Crippen LogP contribution in [0, 0.1) is 6.92 Å².